The van der Waals surface area contributed by atoms with Crippen LogP contribution in [-0.2, 0) is 0 Å². The molecule has 7 heteroatoms. The first-order valence-electron chi connectivity index (χ1n) is 10.7. The van der Waals surface area contributed by atoms with Gasteiger partial charge in [-0.3, -0.25) is 14.8 Å². The third-order valence-corrected chi connectivity index (χ3v) is 6.33. The van der Waals surface area contributed by atoms with E-state index >= 15 is 0 Å². The minimum Gasteiger partial charge on any atom is -0.504 e. The Bertz CT molecular complexity index is 1330. The highest BCUT2D eigenvalue weighted by molar-refractivity contribution is 9.10. The van der Waals surface area contributed by atoms with E-state index in [0.29, 0.717) is 18.1 Å². The van der Waals surface area contributed by atoms with Crippen LogP contribution in [0.5, 0.6) is 11.5 Å². The van der Waals surface area contributed by atoms with Gasteiger partial charge in [-0.2, -0.15) is 5.10 Å². The zero-order chi connectivity index (χ0) is 23.1. The Morgan fingerprint density at radius 2 is 1.82 bits per heavy atom. The average molecular weight is 504 g/mol. The molecule has 1 aliphatic heterocycles. The Labute approximate surface area is 200 Å². The number of aromatic nitrogens is 2. The minimum atomic E-state index is -0.438. The molecule has 0 fully saturated rings. The number of ether oxygens (including phenoxy) is 1. The SMILES string of the molecule is CCOc1cc(C2c3c(-c4ccc(Br)cc4)n[nH]c3C(=O)N2c2ccc(C)cc2)ccc1O. The fourth-order valence-corrected chi connectivity index (χ4v) is 4.50. The van der Waals surface area contributed by atoms with Gasteiger partial charge in [-0.15, -0.1) is 0 Å². The van der Waals surface area contributed by atoms with Gasteiger partial charge in [0.25, 0.3) is 5.91 Å². The van der Waals surface area contributed by atoms with Crippen molar-refractivity contribution in [1.29, 1.82) is 0 Å². The number of amides is 1. The standard InChI is InChI=1S/C26H22BrN3O3/c1-3-33-21-14-17(8-13-20(21)31)25-22-23(16-6-9-18(27)10-7-16)28-29-24(22)26(32)30(25)19-11-4-15(2)5-12-19/h4-14,25,31H,3H2,1-2H3,(H,28,29). The van der Waals surface area contributed by atoms with Crippen molar-refractivity contribution in [3.63, 3.8) is 0 Å². The highest BCUT2D eigenvalue weighted by Crippen LogP contribution is 2.46. The van der Waals surface area contributed by atoms with Gasteiger partial charge in [-0.25, -0.2) is 0 Å². The van der Waals surface area contributed by atoms with Crippen molar-refractivity contribution in [3.05, 3.63) is 93.6 Å². The lowest BCUT2D eigenvalue weighted by Gasteiger charge is -2.27. The molecule has 0 bridgehead atoms. The number of phenolic OH excluding ortho intramolecular Hbond substituents is 1. The number of nitrogens with one attached hydrogen (secondary N) is 1. The minimum absolute atomic E-state index is 0.0624. The van der Waals surface area contributed by atoms with E-state index in [-0.39, 0.29) is 11.7 Å². The third-order valence-electron chi connectivity index (χ3n) is 5.80. The molecule has 33 heavy (non-hydrogen) atoms. The number of rotatable bonds is 5. The normalized spacial score (nSPS) is 15.1. The van der Waals surface area contributed by atoms with Crippen molar-refractivity contribution in [3.8, 4) is 22.8 Å². The zero-order valence-electron chi connectivity index (χ0n) is 18.2. The van der Waals surface area contributed by atoms with Crippen molar-refractivity contribution in [2.75, 3.05) is 11.5 Å². The first kappa shape index (κ1) is 21.3. The summed E-state index contributed by atoms with van der Waals surface area (Å²) in [6, 6.07) is 20.5. The van der Waals surface area contributed by atoms with Gasteiger partial charge in [-0.05, 0) is 55.8 Å². The number of nitrogens with zero attached hydrogens (tertiary/aromatic N) is 2. The summed E-state index contributed by atoms with van der Waals surface area (Å²) >= 11 is 3.48. The van der Waals surface area contributed by atoms with E-state index in [1.807, 2.05) is 68.4 Å². The van der Waals surface area contributed by atoms with Gasteiger partial charge in [0.1, 0.15) is 5.69 Å². The largest absolute Gasteiger partial charge is 0.504 e. The number of phenols is 1. The Morgan fingerprint density at radius 3 is 2.52 bits per heavy atom. The van der Waals surface area contributed by atoms with Gasteiger partial charge < -0.3 is 9.84 Å². The summed E-state index contributed by atoms with van der Waals surface area (Å²) in [5, 5.41) is 17.8. The topological polar surface area (TPSA) is 78.5 Å². The molecular weight excluding hydrogens is 482 g/mol. The van der Waals surface area contributed by atoms with Crippen LogP contribution < -0.4 is 9.64 Å². The van der Waals surface area contributed by atoms with Gasteiger partial charge in [-0.1, -0.05) is 51.8 Å². The van der Waals surface area contributed by atoms with E-state index < -0.39 is 6.04 Å². The summed E-state index contributed by atoms with van der Waals surface area (Å²) in [6.45, 7) is 4.30. The highest BCUT2D eigenvalue weighted by atomic mass is 79.9. The number of anilines is 1. The molecule has 4 aromatic rings. The number of H-pyrrole nitrogens is 1. The molecule has 3 aromatic carbocycles. The maximum absolute atomic E-state index is 13.6. The predicted molar refractivity (Wildman–Crippen MR) is 131 cm³/mol. The molecule has 1 atom stereocenters. The lowest BCUT2D eigenvalue weighted by atomic mass is 9.95. The van der Waals surface area contributed by atoms with Gasteiger partial charge >= 0.3 is 0 Å². The molecule has 6 nitrogen and oxygen atoms in total. The van der Waals surface area contributed by atoms with Crippen LogP contribution in [0.1, 0.15) is 40.1 Å². The van der Waals surface area contributed by atoms with Crippen LogP contribution >= 0.6 is 15.9 Å². The van der Waals surface area contributed by atoms with Gasteiger partial charge in [0.05, 0.1) is 18.3 Å². The Hall–Kier alpha value is -3.58. The van der Waals surface area contributed by atoms with Gasteiger partial charge in [0.2, 0.25) is 0 Å². The molecule has 0 aliphatic carbocycles. The molecule has 0 saturated heterocycles. The Morgan fingerprint density at radius 1 is 1.09 bits per heavy atom. The molecule has 2 N–H and O–H groups in total. The lowest BCUT2D eigenvalue weighted by molar-refractivity contribution is 0.0988. The van der Waals surface area contributed by atoms with Crippen LogP contribution in [-0.4, -0.2) is 27.8 Å². The number of fused-ring (bicyclic) bond motifs is 1. The van der Waals surface area contributed by atoms with Crippen molar-refractivity contribution in [2.45, 2.75) is 19.9 Å². The second kappa shape index (κ2) is 8.41. The molecule has 1 aliphatic rings. The zero-order valence-corrected chi connectivity index (χ0v) is 19.8. The number of carbonyl (C=O) groups is 1. The molecule has 1 amide bonds. The molecule has 5 rings (SSSR count). The molecule has 1 unspecified atom stereocenters. The number of aromatic hydroxyl groups is 1. The molecule has 1 aromatic heterocycles. The highest BCUT2D eigenvalue weighted by Gasteiger charge is 2.43. The van der Waals surface area contributed by atoms with E-state index in [2.05, 4.69) is 26.1 Å². The Balaban J connectivity index is 1.72. The summed E-state index contributed by atoms with van der Waals surface area (Å²) in [6.07, 6.45) is 0. The van der Waals surface area contributed by atoms with E-state index in [1.165, 1.54) is 0 Å². The molecule has 2 heterocycles. The summed E-state index contributed by atoms with van der Waals surface area (Å²) < 4.78 is 6.60. The fourth-order valence-electron chi connectivity index (χ4n) is 4.23. The van der Waals surface area contributed by atoms with Crippen molar-refractivity contribution < 1.29 is 14.6 Å². The first-order chi connectivity index (χ1) is 16.0. The van der Waals surface area contributed by atoms with Gasteiger partial charge in [0.15, 0.2) is 11.5 Å². The van der Waals surface area contributed by atoms with Crippen molar-refractivity contribution in [1.82, 2.24) is 10.2 Å². The number of hydrogen-bond acceptors (Lipinski definition) is 4. The van der Waals surface area contributed by atoms with Crippen molar-refractivity contribution in [2.24, 2.45) is 0 Å². The van der Waals surface area contributed by atoms with Crippen LogP contribution in [0.2, 0.25) is 0 Å². The summed E-state index contributed by atoms with van der Waals surface area (Å²) in [7, 11) is 0. The summed E-state index contributed by atoms with van der Waals surface area (Å²) in [5.41, 5.74) is 5.61. The molecular formula is C26H22BrN3O3. The van der Waals surface area contributed by atoms with Crippen LogP contribution in [0, 0.1) is 6.92 Å². The second-order valence-corrected chi connectivity index (χ2v) is 8.86. The summed E-state index contributed by atoms with van der Waals surface area (Å²) in [4.78, 5) is 15.4. The number of aromatic amines is 1. The van der Waals surface area contributed by atoms with Gasteiger partial charge in [0, 0.05) is 21.3 Å². The van der Waals surface area contributed by atoms with E-state index in [9.17, 15) is 9.90 Å². The predicted octanol–water partition coefficient (Wildman–Crippen LogP) is 6.00. The molecule has 166 valence electrons. The van der Waals surface area contributed by atoms with E-state index in [4.69, 9.17) is 4.74 Å². The summed E-state index contributed by atoms with van der Waals surface area (Å²) in [5.74, 6) is 0.293. The monoisotopic (exact) mass is 503 g/mol. The van der Waals surface area contributed by atoms with E-state index in [1.54, 1.807) is 17.0 Å². The Kier molecular flexibility index (Phi) is 5.42. The van der Waals surface area contributed by atoms with E-state index in [0.717, 1.165) is 38.1 Å². The number of aryl methyl sites for hydroxylation is 1. The second-order valence-electron chi connectivity index (χ2n) is 7.94. The first-order valence-corrected chi connectivity index (χ1v) is 11.5. The van der Waals surface area contributed by atoms with Crippen LogP contribution in [0.3, 0.4) is 0 Å². The quantitative estimate of drug-likeness (QED) is 0.350. The van der Waals surface area contributed by atoms with Crippen LogP contribution in [0.4, 0.5) is 5.69 Å². The molecule has 0 radical (unpaired) electrons. The van der Waals surface area contributed by atoms with Crippen LogP contribution in [0.25, 0.3) is 11.3 Å². The lowest BCUT2D eigenvalue weighted by Crippen LogP contribution is -2.29. The third kappa shape index (κ3) is 3.68. The fraction of sp³-hybridized carbons (Fsp3) is 0.154. The molecule has 0 saturated carbocycles. The maximum atomic E-state index is 13.6. The maximum Gasteiger partial charge on any atom is 0.277 e. The number of hydrogen-bond donors (Lipinski definition) is 2. The number of benzene rings is 3. The molecule has 0 spiro atoms. The smallest absolute Gasteiger partial charge is 0.277 e. The average Bonchev–Trinajstić information content (AvgIpc) is 3.36. The van der Waals surface area contributed by atoms with Crippen molar-refractivity contribution >= 4 is 27.5 Å². The number of halogens is 1. The number of carbonyl (C=O) groups excluding carboxylic acids is 1. The van der Waals surface area contributed by atoms with Crippen LogP contribution in [0.15, 0.2) is 71.2 Å².